The first-order valence-corrected chi connectivity index (χ1v) is 10.3. The fourth-order valence-electron chi connectivity index (χ4n) is 3.82. The number of alkyl carbamates (subject to hydrolysis) is 1. The maximum atomic E-state index is 12.1. The van der Waals surface area contributed by atoms with E-state index in [1.54, 1.807) is 12.1 Å². The number of aromatic carboxylic acids is 1. The molecule has 0 spiro atoms. The van der Waals surface area contributed by atoms with Gasteiger partial charge in [0, 0.05) is 5.92 Å². The first-order chi connectivity index (χ1) is 16.0. The van der Waals surface area contributed by atoms with Crippen LogP contribution in [-0.2, 0) is 9.53 Å². The van der Waals surface area contributed by atoms with E-state index in [1.807, 2.05) is 36.4 Å². The molecule has 164 valence electrons. The van der Waals surface area contributed by atoms with E-state index in [0.717, 1.165) is 22.3 Å². The van der Waals surface area contributed by atoms with E-state index in [2.05, 4.69) is 34.6 Å². The molecule has 0 aliphatic heterocycles. The lowest BCUT2D eigenvalue weighted by molar-refractivity contribution is -0.111. The van der Waals surface area contributed by atoms with Crippen molar-refractivity contribution < 1.29 is 24.2 Å². The molecular formula is C26H20N2O5. The van der Waals surface area contributed by atoms with Crippen molar-refractivity contribution in [3.8, 4) is 23.0 Å². The third kappa shape index (κ3) is 4.86. The number of hydrogen-bond donors (Lipinski definition) is 3. The predicted molar refractivity (Wildman–Crippen MR) is 123 cm³/mol. The highest BCUT2D eigenvalue weighted by atomic mass is 16.5. The van der Waals surface area contributed by atoms with Gasteiger partial charge in [0.25, 0.3) is 5.91 Å². The van der Waals surface area contributed by atoms with Crippen LogP contribution in [-0.4, -0.2) is 36.2 Å². The molecule has 7 heteroatoms. The minimum absolute atomic E-state index is 0.0376. The first-order valence-electron chi connectivity index (χ1n) is 10.3. The molecule has 3 aromatic carbocycles. The summed E-state index contributed by atoms with van der Waals surface area (Å²) in [6, 6.07) is 22.1. The van der Waals surface area contributed by atoms with E-state index in [4.69, 9.17) is 9.84 Å². The van der Waals surface area contributed by atoms with Crippen molar-refractivity contribution in [2.75, 3.05) is 18.5 Å². The molecule has 3 N–H and O–H groups in total. The fourth-order valence-corrected chi connectivity index (χ4v) is 3.82. The second-order valence-electron chi connectivity index (χ2n) is 7.29. The number of ether oxygens (including phenoxy) is 1. The number of carboxylic acid groups (broad SMARTS) is 1. The molecule has 0 bridgehead atoms. The molecule has 1 aliphatic rings. The van der Waals surface area contributed by atoms with Gasteiger partial charge >= 0.3 is 12.1 Å². The quantitative estimate of drug-likeness (QED) is 0.523. The molecule has 0 fully saturated rings. The van der Waals surface area contributed by atoms with Crippen LogP contribution in [0.3, 0.4) is 0 Å². The van der Waals surface area contributed by atoms with Crippen molar-refractivity contribution in [3.63, 3.8) is 0 Å². The highest BCUT2D eigenvalue weighted by Crippen LogP contribution is 2.44. The van der Waals surface area contributed by atoms with E-state index < -0.39 is 18.0 Å². The van der Waals surface area contributed by atoms with Crippen molar-refractivity contribution in [2.24, 2.45) is 0 Å². The van der Waals surface area contributed by atoms with E-state index in [1.165, 1.54) is 12.1 Å². The zero-order valence-corrected chi connectivity index (χ0v) is 17.5. The lowest BCUT2D eigenvalue weighted by atomic mass is 9.98. The Balaban J connectivity index is 1.29. The van der Waals surface area contributed by atoms with Gasteiger partial charge in [-0.1, -0.05) is 66.6 Å². The number of rotatable bonds is 5. The highest BCUT2D eigenvalue weighted by molar-refractivity contribution is 6.07. The lowest BCUT2D eigenvalue weighted by Crippen LogP contribution is -2.26. The number of hydrogen-bond acceptors (Lipinski definition) is 4. The Morgan fingerprint density at radius 3 is 2.15 bits per heavy atom. The molecule has 7 nitrogen and oxygen atoms in total. The van der Waals surface area contributed by atoms with Crippen molar-refractivity contribution in [1.82, 2.24) is 5.32 Å². The summed E-state index contributed by atoms with van der Waals surface area (Å²) < 4.78 is 5.40. The van der Waals surface area contributed by atoms with Crippen molar-refractivity contribution in [1.29, 1.82) is 0 Å². The summed E-state index contributed by atoms with van der Waals surface area (Å²) in [4.78, 5) is 35.2. The molecule has 0 saturated heterocycles. The second kappa shape index (κ2) is 9.71. The van der Waals surface area contributed by atoms with E-state index in [-0.39, 0.29) is 30.3 Å². The predicted octanol–water partition coefficient (Wildman–Crippen LogP) is 3.87. The average Bonchev–Trinajstić information content (AvgIpc) is 3.14. The highest BCUT2D eigenvalue weighted by Gasteiger charge is 2.28. The van der Waals surface area contributed by atoms with Gasteiger partial charge < -0.3 is 20.5 Å². The number of para-hydroxylation sites is 1. The molecule has 0 aromatic heterocycles. The molecule has 4 rings (SSSR count). The summed E-state index contributed by atoms with van der Waals surface area (Å²) in [6.45, 7) is 0.0877. The number of fused-ring (bicyclic) bond motifs is 3. The summed E-state index contributed by atoms with van der Waals surface area (Å²) in [7, 11) is 0. The molecule has 2 amide bonds. The summed E-state index contributed by atoms with van der Waals surface area (Å²) in [5.74, 6) is 2.95. The molecule has 0 heterocycles. The number of carbonyl (C=O) groups excluding carboxylic acids is 2. The van der Waals surface area contributed by atoms with Crippen LogP contribution in [0.2, 0.25) is 0 Å². The van der Waals surface area contributed by atoms with Gasteiger partial charge in [0.15, 0.2) is 0 Å². The minimum atomic E-state index is -1.16. The SMILES string of the molecule is O=C(C#CCNC(=O)OCC1c2ccccc2-c2ccccc21)Nc1ccccc1C(=O)O. The van der Waals surface area contributed by atoms with Gasteiger partial charge in [-0.25, -0.2) is 9.59 Å². The number of carbonyl (C=O) groups is 3. The van der Waals surface area contributed by atoms with Gasteiger partial charge in [-0.3, -0.25) is 4.79 Å². The van der Waals surface area contributed by atoms with Gasteiger partial charge in [0.2, 0.25) is 0 Å². The number of benzene rings is 3. The van der Waals surface area contributed by atoms with E-state index in [0.29, 0.717) is 0 Å². The van der Waals surface area contributed by atoms with Crippen LogP contribution in [0.15, 0.2) is 72.8 Å². The molecule has 33 heavy (non-hydrogen) atoms. The smallest absolute Gasteiger partial charge is 0.407 e. The third-order valence-corrected chi connectivity index (χ3v) is 5.27. The zero-order valence-electron chi connectivity index (χ0n) is 17.5. The third-order valence-electron chi connectivity index (χ3n) is 5.27. The molecular weight excluding hydrogens is 420 g/mol. The average molecular weight is 440 g/mol. The van der Waals surface area contributed by atoms with Crippen LogP contribution in [0.1, 0.15) is 27.4 Å². The molecule has 0 atom stereocenters. The summed E-state index contributed by atoms with van der Waals surface area (Å²) >= 11 is 0. The Bertz CT molecular complexity index is 1240. The van der Waals surface area contributed by atoms with Gasteiger partial charge in [-0.05, 0) is 40.3 Å². The van der Waals surface area contributed by atoms with Gasteiger partial charge in [0.05, 0.1) is 17.8 Å². The standard InChI is InChI=1S/C26H20N2O5/c29-24(28-23-13-6-5-12-21(23)25(30)31)14-7-15-27-26(32)33-16-22-19-10-3-1-8-17(19)18-9-2-4-11-20(18)22/h1-6,8-13,22H,15-16H2,(H,27,32)(H,28,29)(H,30,31). The van der Waals surface area contributed by atoms with Gasteiger partial charge in [-0.15, -0.1) is 0 Å². The van der Waals surface area contributed by atoms with Crippen LogP contribution >= 0.6 is 0 Å². The zero-order chi connectivity index (χ0) is 23.2. The van der Waals surface area contributed by atoms with Crippen molar-refractivity contribution >= 4 is 23.7 Å². The Labute approximate surface area is 190 Å². The van der Waals surface area contributed by atoms with Crippen LogP contribution in [0, 0.1) is 11.8 Å². The molecule has 3 aromatic rings. The Hall–Kier alpha value is -4.57. The summed E-state index contributed by atoms with van der Waals surface area (Å²) in [5.41, 5.74) is 4.62. The monoisotopic (exact) mass is 440 g/mol. The van der Waals surface area contributed by atoms with Crippen LogP contribution in [0.4, 0.5) is 10.5 Å². The van der Waals surface area contributed by atoms with Crippen molar-refractivity contribution in [3.05, 3.63) is 89.5 Å². The largest absolute Gasteiger partial charge is 0.478 e. The summed E-state index contributed by atoms with van der Waals surface area (Å²) in [5, 5.41) is 14.1. The fraction of sp³-hybridized carbons (Fsp3) is 0.115. The molecule has 1 aliphatic carbocycles. The molecule has 0 saturated carbocycles. The first kappa shape index (κ1) is 21.7. The van der Waals surface area contributed by atoms with Crippen LogP contribution < -0.4 is 10.6 Å². The molecule has 0 unspecified atom stereocenters. The molecule has 0 radical (unpaired) electrons. The topological polar surface area (TPSA) is 105 Å². The maximum absolute atomic E-state index is 12.1. The number of amides is 2. The number of anilines is 1. The van der Waals surface area contributed by atoms with E-state index >= 15 is 0 Å². The number of nitrogens with one attached hydrogen (secondary N) is 2. The Kier molecular flexibility index (Phi) is 6.37. The Morgan fingerprint density at radius 2 is 1.48 bits per heavy atom. The minimum Gasteiger partial charge on any atom is -0.478 e. The van der Waals surface area contributed by atoms with Gasteiger partial charge in [-0.2, -0.15) is 0 Å². The maximum Gasteiger partial charge on any atom is 0.407 e. The van der Waals surface area contributed by atoms with E-state index in [9.17, 15) is 14.4 Å². The lowest BCUT2D eigenvalue weighted by Gasteiger charge is -2.14. The van der Waals surface area contributed by atoms with Crippen LogP contribution in [0.5, 0.6) is 0 Å². The Morgan fingerprint density at radius 1 is 0.879 bits per heavy atom. The second-order valence-corrected chi connectivity index (χ2v) is 7.29. The number of carboxylic acids is 1. The van der Waals surface area contributed by atoms with Crippen molar-refractivity contribution in [2.45, 2.75) is 5.92 Å². The normalized spacial score (nSPS) is 11.4. The van der Waals surface area contributed by atoms with Crippen LogP contribution in [0.25, 0.3) is 11.1 Å². The van der Waals surface area contributed by atoms with Gasteiger partial charge in [0.1, 0.15) is 6.61 Å². The summed E-state index contributed by atoms with van der Waals surface area (Å²) in [6.07, 6.45) is -0.636.